The van der Waals surface area contributed by atoms with E-state index in [4.69, 9.17) is 20.9 Å². The van der Waals surface area contributed by atoms with Crippen molar-refractivity contribution >= 4 is 28.6 Å². The predicted molar refractivity (Wildman–Crippen MR) is 131 cm³/mol. The largest absolute Gasteiger partial charge is 0.493 e. The van der Waals surface area contributed by atoms with E-state index in [1.165, 1.54) is 19.8 Å². The number of benzene rings is 2. The van der Waals surface area contributed by atoms with Crippen LogP contribution in [-0.2, 0) is 11.2 Å². The molecule has 2 atom stereocenters. The second-order valence-corrected chi connectivity index (χ2v) is 8.91. The standard InChI is InChI=1S/C25H29FN6O3/c1-34-18-13-17-21(19(26)22(18)35-2)29-25(30-23(17)28)32-11-9-31(10-12-32)24(33)16-8-7-14-5-3-4-6-15(14)20(16)27/h3-6,13,16,20H,7-12,27H2,1-2H3,(H2,28,29,30). The highest BCUT2D eigenvalue weighted by Gasteiger charge is 2.35. The summed E-state index contributed by atoms with van der Waals surface area (Å²) in [6, 6.07) is 9.34. The fraction of sp³-hybridized carbons (Fsp3) is 0.400. The lowest BCUT2D eigenvalue weighted by atomic mass is 9.79. The first-order valence-corrected chi connectivity index (χ1v) is 11.7. The number of rotatable bonds is 4. The summed E-state index contributed by atoms with van der Waals surface area (Å²) in [4.78, 5) is 25.9. The Labute approximate surface area is 202 Å². The molecule has 1 aromatic heterocycles. The quantitative estimate of drug-likeness (QED) is 0.584. The van der Waals surface area contributed by atoms with Gasteiger partial charge in [0.1, 0.15) is 11.3 Å². The minimum atomic E-state index is -0.655. The lowest BCUT2D eigenvalue weighted by Gasteiger charge is -2.39. The van der Waals surface area contributed by atoms with Crippen LogP contribution in [0.4, 0.5) is 16.2 Å². The molecule has 3 aromatic rings. The average molecular weight is 481 g/mol. The molecule has 4 N–H and O–H groups in total. The molecule has 2 aliphatic rings. The van der Waals surface area contributed by atoms with E-state index < -0.39 is 5.82 Å². The van der Waals surface area contributed by atoms with Crippen LogP contribution in [0.2, 0.25) is 0 Å². The van der Waals surface area contributed by atoms with E-state index in [0.717, 1.165) is 18.4 Å². The van der Waals surface area contributed by atoms with Crippen molar-refractivity contribution in [2.75, 3.05) is 51.0 Å². The number of carbonyl (C=O) groups is 1. The number of anilines is 2. The predicted octanol–water partition coefficient (Wildman–Crippen LogP) is 2.28. The van der Waals surface area contributed by atoms with Crippen molar-refractivity contribution in [1.82, 2.24) is 14.9 Å². The number of hydrogen-bond acceptors (Lipinski definition) is 8. The minimum absolute atomic E-state index is 0.0372. The Morgan fingerprint density at radius 2 is 1.86 bits per heavy atom. The lowest BCUT2D eigenvalue weighted by Crippen LogP contribution is -2.52. The number of methoxy groups -OCH3 is 2. The summed E-state index contributed by atoms with van der Waals surface area (Å²) in [5, 5.41) is 0.351. The van der Waals surface area contributed by atoms with Gasteiger partial charge in [0, 0.05) is 37.6 Å². The molecule has 9 nitrogen and oxygen atoms in total. The molecule has 5 rings (SSSR count). The molecule has 0 saturated carbocycles. The molecule has 184 valence electrons. The summed E-state index contributed by atoms with van der Waals surface area (Å²) >= 11 is 0. The first-order valence-electron chi connectivity index (χ1n) is 11.7. The molecule has 2 aromatic carbocycles. The summed E-state index contributed by atoms with van der Waals surface area (Å²) in [6.07, 6.45) is 1.59. The maximum absolute atomic E-state index is 15.1. The SMILES string of the molecule is COc1cc2c(N)nc(N3CCN(C(=O)C4CCc5ccccc5C4N)CC3)nc2c(F)c1OC. The van der Waals surface area contributed by atoms with Gasteiger partial charge in [0.15, 0.2) is 17.3 Å². The van der Waals surface area contributed by atoms with Gasteiger partial charge in [-0.2, -0.15) is 4.98 Å². The number of halogens is 1. The van der Waals surface area contributed by atoms with E-state index in [1.807, 2.05) is 28.0 Å². The second kappa shape index (κ2) is 9.18. The van der Waals surface area contributed by atoms with Gasteiger partial charge in [0.05, 0.1) is 20.1 Å². The van der Waals surface area contributed by atoms with Gasteiger partial charge in [-0.25, -0.2) is 9.37 Å². The Balaban J connectivity index is 1.33. The number of hydrogen-bond donors (Lipinski definition) is 2. The number of aromatic nitrogens is 2. The average Bonchev–Trinajstić information content (AvgIpc) is 2.89. The van der Waals surface area contributed by atoms with Crippen molar-refractivity contribution in [3.05, 3.63) is 47.3 Å². The van der Waals surface area contributed by atoms with Crippen LogP contribution in [0, 0.1) is 11.7 Å². The summed E-state index contributed by atoms with van der Waals surface area (Å²) in [5.41, 5.74) is 15.0. The van der Waals surface area contributed by atoms with Crippen LogP contribution in [0.5, 0.6) is 11.5 Å². The molecule has 1 aliphatic heterocycles. The van der Waals surface area contributed by atoms with Gasteiger partial charge in [0.25, 0.3) is 0 Å². The molecule has 1 amide bonds. The zero-order valence-corrected chi connectivity index (χ0v) is 19.8. The summed E-state index contributed by atoms with van der Waals surface area (Å²) in [5.74, 6) is -0.167. The molecule has 1 saturated heterocycles. The Morgan fingerprint density at radius 3 is 2.57 bits per heavy atom. The van der Waals surface area contributed by atoms with Gasteiger partial charge in [-0.3, -0.25) is 4.79 Å². The fourth-order valence-electron chi connectivity index (χ4n) is 5.11. The lowest BCUT2D eigenvalue weighted by molar-refractivity contribution is -0.137. The van der Waals surface area contributed by atoms with E-state index in [1.54, 1.807) is 6.07 Å². The monoisotopic (exact) mass is 480 g/mol. The maximum Gasteiger partial charge on any atom is 0.228 e. The number of nitrogens with zero attached hydrogens (tertiary/aromatic N) is 4. The molecule has 1 fully saturated rings. The molecule has 2 unspecified atom stereocenters. The van der Waals surface area contributed by atoms with Crippen molar-refractivity contribution in [3.63, 3.8) is 0 Å². The van der Waals surface area contributed by atoms with Gasteiger partial charge in [-0.1, -0.05) is 24.3 Å². The first-order chi connectivity index (χ1) is 16.9. The van der Waals surface area contributed by atoms with Gasteiger partial charge in [0.2, 0.25) is 11.9 Å². The summed E-state index contributed by atoms with van der Waals surface area (Å²) in [6.45, 7) is 2.01. The number of piperazine rings is 1. The third kappa shape index (κ3) is 3.97. The summed E-state index contributed by atoms with van der Waals surface area (Å²) in [7, 11) is 2.79. The Bertz CT molecular complexity index is 1280. The zero-order valence-electron chi connectivity index (χ0n) is 19.8. The molecule has 2 heterocycles. The molecule has 0 bridgehead atoms. The van der Waals surface area contributed by atoms with Crippen molar-refractivity contribution in [2.45, 2.75) is 18.9 Å². The van der Waals surface area contributed by atoms with Crippen molar-refractivity contribution in [2.24, 2.45) is 11.7 Å². The number of nitrogen functional groups attached to an aromatic ring is 1. The van der Waals surface area contributed by atoms with Crippen LogP contribution in [-0.4, -0.2) is 61.2 Å². The normalized spacial score (nSPS) is 20.0. The Hall–Kier alpha value is -3.66. The van der Waals surface area contributed by atoms with Crippen LogP contribution in [0.25, 0.3) is 10.9 Å². The third-order valence-electron chi connectivity index (χ3n) is 7.06. The molecule has 0 radical (unpaired) electrons. The van der Waals surface area contributed by atoms with Crippen LogP contribution in [0.3, 0.4) is 0 Å². The molecule has 10 heteroatoms. The molecule has 35 heavy (non-hydrogen) atoms. The highest BCUT2D eigenvalue weighted by molar-refractivity contribution is 5.92. The molecule has 1 aliphatic carbocycles. The van der Waals surface area contributed by atoms with Crippen molar-refractivity contribution in [1.29, 1.82) is 0 Å². The van der Waals surface area contributed by atoms with Crippen LogP contribution in [0.1, 0.15) is 23.6 Å². The minimum Gasteiger partial charge on any atom is -0.493 e. The van der Waals surface area contributed by atoms with E-state index in [0.29, 0.717) is 37.5 Å². The van der Waals surface area contributed by atoms with Gasteiger partial charge >= 0.3 is 0 Å². The van der Waals surface area contributed by atoms with E-state index in [-0.39, 0.29) is 40.7 Å². The Kier molecular flexibility index (Phi) is 6.06. The number of carbonyl (C=O) groups excluding carboxylic acids is 1. The molecular formula is C25H29FN6O3. The van der Waals surface area contributed by atoms with Gasteiger partial charge in [-0.15, -0.1) is 0 Å². The number of fused-ring (bicyclic) bond motifs is 2. The van der Waals surface area contributed by atoms with Gasteiger partial charge in [-0.05, 0) is 30.0 Å². The highest BCUT2D eigenvalue weighted by atomic mass is 19.1. The van der Waals surface area contributed by atoms with E-state index in [2.05, 4.69) is 16.0 Å². The van der Waals surface area contributed by atoms with Crippen LogP contribution < -0.4 is 25.8 Å². The number of ether oxygens (including phenoxy) is 2. The summed E-state index contributed by atoms with van der Waals surface area (Å²) < 4.78 is 25.5. The third-order valence-corrected chi connectivity index (χ3v) is 7.06. The number of aryl methyl sites for hydroxylation is 1. The van der Waals surface area contributed by atoms with Gasteiger partial charge < -0.3 is 30.7 Å². The first kappa shape index (κ1) is 23.1. The topological polar surface area (TPSA) is 120 Å². The van der Waals surface area contributed by atoms with Crippen molar-refractivity contribution in [3.8, 4) is 11.5 Å². The maximum atomic E-state index is 15.1. The number of nitrogens with two attached hydrogens (primary N) is 2. The molecule has 0 spiro atoms. The highest BCUT2D eigenvalue weighted by Crippen LogP contribution is 2.38. The smallest absolute Gasteiger partial charge is 0.228 e. The van der Waals surface area contributed by atoms with Crippen LogP contribution in [0.15, 0.2) is 30.3 Å². The van der Waals surface area contributed by atoms with Crippen LogP contribution >= 0.6 is 0 Å². The fourth-order valence-corrected chi connectivity index (χ4v) is 5.11. The number of amides is 1. The van der Waals surface area contributed by atoms with E-state index in [9.17, 15) is 4.79 Å². The van der Waals surface area contributed by atoms with E-state index >= 15 is 4.39 Å². The van der Waals surface area contributed by atoms with Crippen molar-refractivity contribution < 1.29 is 18.7 Å². The Morgan fingerprint density at radius 1 is 1.11 bits per heavy atom. The second-order valence-electron chi connectivity index (χ2n) is 8.91. The molecular weight excluding hydrogens is 451 g/mol. The zero-order chi connectivity index (χ0) is 24.7.